The van der Waals surface area contributed by atoms with Gasteiger partial charge in [0.2, 0.25) is 5.91 Å². The average Bonchev–Trinajstić information content (AvgIpc) is 3.43. The number of rotatable bonds is 8. The maximum atomic E-state index is 13.3. The van der Waals surface area contributed by atoms with E-state index >= 15 is 0 Å². The molecule has 1 aliphatic rings. The molecule has 1 fully saturated rings. The van der Waals surface area contributed by atoms with E-state index in [0.717, 1.165) is 34.8 Å². The molecular weight excluding hydrogens is 509 g/mol. The standard InChI is InChI=1S/C31H32FN5OS/c1-4-22-8-14-25(15-9-22)37-20(2)19-26(21(37)3)30-29(27-7-5-6-17-33-27)35-31(39)36(30)18-16-28(38)34-24-12-10-23(32)11-13-24/h5-15,17,19,29-30H,4,16,18H2,1-3H3,(H,34,38)(H,35,39). The Kier molecular flexibility index (Phi) is 7.74. The van der Waals surface area contributed by atoms with Crippen LogP contribution in [0.4, 0.5) is 10.1 Å². The van der Waals surface area contributed by atoms with Gasteiger partial charge >= 0.3 is 0 Å². The Morgan fingerprint density at radius 3 is 2.49 bits per heavy atom. The molecule has 2 aromatic heterocycles. The van der Waals surface area contributed by atoms with E-state index in [1.165, 1.54) is 17.7 Å². The molecule has 2 N–H and O–H groups in total. The topological polar surface area (TPSA) is 62.2 Å². The van der Waals surface area contributed by atoms with E-state index in [9.17, 15) is 9.18 Å². The zero-order valence-electron chi connectivity index (χ0n) is 22.3. The molecule has 1 aliphatic heterocycles. The first-order chi connectivity index (χ1) is 18.9. The van der Waals surface area contributed by atoms with Gasteiger partial charge in [0, 0.05) is 41.9 Å². The van der Waals surface area contributed by atoms with E-state index in [1.807, 2.05) is 18.2 Å². The van der Waals surface area contributed by atoms with Crippen LogP contribution in [0.15, 0.2) is 79.0 Å². The number of carbonyl (C=O) groups excluding carboxylic acids is 1. The van der Waals surface area contributed by atoms with Crippen molar-refractivity contribution in [1.82, 2.24) is 19.8 Å². The molecule has 0 radical (unpaired) electrons. The number of halogens is 1. The van der Waals surface area contributed by atoms with Crippen molar-refractivity contribution < 1.29 is 9.18 Å². The monoisotopic (exact) mass is 541 g/mol. The number of aromatic nitrogens is 2. The number of benzene rings is 2. The minimum atomic E-state index is -0.344. The Balaban J connectivity index is 1.45. The molecule has 0 saturated carbocycles. The molecule has 1 saturated heterocycles. The van der Waals surface area contributed by atoms with Gasteiger partial charge in [-0.3, -0.25) is 9.78 Å². The van der Waals surface area contributed by atoms with Crippen LogP contribution in [0.2, 0.25) is 0 Å². The predicted molar refractivity (Wildman–Crippen MR) is 156 cm³/mol. The Morgan fingerprint density at radius 2 is 1.82 bits per heavy atom. The molecule has 2 unspecified atom stereocenters. The number of nitrogens with one attached hydrogen (secondary N) is 2. The Bertz CT molecular complexity index is 1470. The Morgan fingerprint density at radius 1 is 1.08 bits per heavy atom. The van der Waals surface area contributed by atoms with Crippen molar-refractivity contribution in [3.8, 4) is 5.69 Å². The van der Waals surface area contributed by atoms with Crippen LogP contribution in [0.1, 0.15) is 53.6 Å². The van der Waals surface area contributed by atoms with Gasteiger partial charge in [0.05, 0.1) is 17.8 Å². The van der Waals surface area contributed by atoms with Gasteiger partial charge in [0.15, 0.2) is 5.11 Å². The fraction of sp³-hybridized carbons (Fsp3) is 0.258. The first-order valence-electron chi connectivity index (χ1n) is 13.2. The third-order valence-electron chi connectivity index (χ3n) is 7.30. The Labute approximate surface area is 233 Å². The lowest BCUT2D eigenvalue weighted by Crippen LogP contribution is -2.32. The third kappa shape index (κ3) is 5.56. The summed E-state index contributed by atoms with van der Waals surface area (Å²) in [5.41, 5.74) is 7.24. The molecule has 3 heterocycles. The molecule has 0 bridgehead atoms. The number of hydrogen-bond donors (Lipinski definition) is 2. The van der Waals surface area contributed by atoms with Gasteiger partial charge in [-0.2, -0.15) is 0 Å². The quantitative estimate of drug-likeness (QED) is 0.261. The van der Waals surface area contributed by atoms with Crippen molar-refractivity contribution in [2.75, 3.05) is 11.9 Å². The van der Waals surface area contributed by atoms with Crippen LogP contribution in [-0.2, 0) is 11.2 Å². The van der Waals surface area contributed by atoms with E-state index in [4.69, 9.17) is 12.2 Å². The summed E-state index contributed by atoms with van der Waals surface area (Å²) in [5.74, 6) is -0.505. The van der Waals surface area contributed by atoms with Crippen LogP contribution < -0.4 is 10.6 Å². The normalized spacial score (nSPS) is 16.8. The number of anilines is 1. The average molecular weight is 542 g/mol. The van der Waals surface area contributed by atoms with Crippen LogP contribution in [0, 0.1) is 19.7 Å². The maximum absolute atomic E-state index is 13.3. The first kappa shape index (κ1) is 26.6. The summed E-state index contributed by atoms with van der Waals surface area (Å²) in [7, 11) is 0. The molecule has 1 amide bonds. The van der Waals surface area contributed by atoms with Gasteiger partial charge in [-0.1, -0.05) is 25.1 Å². The zero-order valence-corrected chi connectivity index (χ0v) is 23.1. The summed E-state index contributed by atoms with van der Waals surface area (Å²) in [6, 6.07) is 22.2. The largest absolute Gasteiger partial charge is 0.352 e. The van der Waals surface area contributed by atoms with Crippen LogP contribution in [-0.4, -0.2) is 32.0 Å². The summed E-state index contributed by atoms with van der Waals surface area (Å²) in [6.07, 6.45) is 3.01. The molecule has 2 atom stereocenters. The summed E-state index contributed by atoms with van der Waals surface area (Å²) in [5, 5.41) is 6.91. The highest BCUT2D eigenvalue weighted by atomic mass is 32.1. The van der Waals surface area contributed by atoms with Crippen LogP contribution in [0.25, 0.3) is 5.69 Å². The van der Waals surface area contributed by atoms with Crippen LogP contribution >= 0.6 is 12.2 Å². The molecule has 8 heteroatoms. The van der Waals surface area contributed by atoms with E-state index in [2.05, 4.69) is 76.2 Å². The van der Waals surface area contributed by atoms with Gasteiger partial charge in [-0.05, 0) is 98.2 Å². The second-order valence-electron chi connectivity index (χ2n) is 9.81. The number of aryl methyl sites for hydroxylation is 2. The Hall–Kier alpha value is -4.04. The summed E-state index contributed by atoms with van der Waals surface area (Å²) in [6.45, 7) is 6.82. The van der Waals surface area contributed by atoms with Crippen LogP contribution in [0.3, 0.4) is 0 Å². The van der Waals surface area contributed by atoms with Crippen molar-refractivity contribution in [1.29, 1.82) is 0 Å². The molecule has 200 valence electrons. The van der Waals surface area contributed by atoms with Crippen LogP contribution in [0.5, 0.6) is 0 Å². The van der Waals surface area contributed by atoms with Crippen molar-refractivity contribution in [3.05, 3.63) is 113 Å². The molecule has 0 aliphatic carbocycles. The SMILES string of the molecule is CCc1ccc(-n2c(C)cc(C3C(c4ccccn4)NC(=S)N3CCC(=O)Nc3ccc(F)cc3)c2C)cc1. The third-order valence-corrected chi connectivity index (χ3v) is 7.65. The van der Waals surface area contributed by atoms with Crippen molar-refractivity contribution >= 4 is 28.9 Å². The molecule has 0 spiro atoms. The summed E-state index contributed by atoms with van der Waals surface area (Å²) >= 11 is 5.80. The van der Waals surface area contributed by atoms with Gasteiger partial charge in [0.1, 0.15) is 5.82 Å². The second-order valence-corrected chi connectivity index (χ2v) is 10.2. The predicted octanol–water partition coefficient (Wildman–Crippen LogP) is 6.19. The fourth-order valence-corrected chi connectivity index (χ4v) is 5.66. The maximum Gasteiger partial charge on any atom is 0.226 e. The summed E-state index contributed by atoms with van der Waals surface area (Å²) in [4.78, 5) is 19.5. The smallest absolute Gasteiger partial charge is 0.226 e. The number of hydrogen-bond acceptors (Lipinski definition) is 3. The number of carbonyl (C=O) groups is 1. The highest BCUT2D eigenvalue weighted by molar-refractivity contribution is 7.80. The number of thiocarbonyl (C=S) groups is 1. The summed E-state index contributed by atoms with van der Waals surface area (Å²) < 4.78 is 15.5. The highest BCUT2D eigenvalue weighted by Gasteiger charge is 2.41. The molecule has 6 nitrogen and oxygen atoms in total. The first-order valence-corrected chi connectivity index (χ1v) is 13.6. The molecular formula is C31H32FN5OS. The minimum absolute atomic E-state index is 0.152. The van der Waals surface area contributed by atoms with Gasteiger partial charge < -0.3 is 20.1 Å². The molecule has 39 heavy (non-hydrogen) atoms. The number of amides is 1. The van der Waals surface area contributed by atoms with Gasteiger partial charge in [-0.15, -0.1) is 0 Å². The zero-order chi connectivity index (χ0) is 27.5. The lowest BCUT2D eigenvalue weighted by Gasteiger charge is -2.28. The lowest BCUT2D eigenvalue weighted by molar-refractivity contribution is -0.116. The number of pyridine rings is 1. The minimum Gasteiger partial charge on any atom is -0.352 e. The van der Waals surface area contributed by atoms with E-state index in [1.54, 1.807) is 18.3 Å². The fourth-order valence-electron chi connectivity index (χ4n) is 5.33. The highest BCUT2D eigenvalue weighted by Crippen LogP contribution is 2.41. The van der Waals surface area contributed by atoms with E-state index < -0.39 is 0 Å². The van der Waals surface area contributed by atoms with Crippen molar-refractivity contribution in [2.45, 2.75) is 45.7 Å². The van der Waals surface area contributed by atoms with Gasteiger partial charge in [0.25, 0.3) is 0 Å². The molecule has 4 aromatic rings. The van der Waals surface area contributed by atoms with E-state index in [-0.39, 0.29) is 30.2 Å². The molecule has 2 aromatic carbocycles. The van der Waals surface area contributed by atoms with Gasteiger partial charge in [-0.25, -0.2) is 4.39 Å². The van der Waals surface area contributed by atoms with Crippen molar-refractivity contribution in [2.24, 2.45) is 0 Å². The lowest BCUT2D eigenvalue weighted by atomic mass is 9.96. The van der Waals surface area contributed by atoms with E-state index in [0.29, 0.717) is 17.3 Å². The van der Waals surface area contributed by atoms with Crippen molar-refractivity contribution in [3.63, 3.8) is 0 Å². The second kappa shape index (κ2) is 11.4. The molecule has 5 rings (SSSR count). The number of nitrogens with zero attached hydrogens (tertiary/aromatic N) is 3.